The first-order valence-corrected chi connectivity index (χ1v) is 11.7. The highest BCUT2D eigenvalue weighted by atomic mass is 16.4. The third-order valence-electron chi connectivity index (χ3n) is 6.46. The molecule has 0 saturated heterocycles. The largest absolute Gasteiger partial charge is 0.438 e. The summed E-state index contributed by atoms with van der Waals surface area (Å²) in [7, 11) is 0. The van der Waals surface area contributed by atoms with Gasteiger partial charge in [-0.2, -0.15) is 0 Å². The van der Waals surface area contributed by atoms with Gasteiger partial charge in [-0.3, -0.25) is 0 Å². The zero-order valence-corrected chi connectivity index (χ0v) is 19.2. The summed E-state index contributed by atoms with van der Waals surface area (Å²) < 4.78 is 25.5. The van der Waals surface area contributed by atoms with E-state index in [1.807, 2.05) is 97.1 Å². The van der Waals surface area contributed by atoms with E-state index in [0.29, 0.717) is 44.4 Å². The Kier molecular flexibility index (Phi) is 3.99. The molecule has 8 rings (SSSR count). The van der Waals surface area contributed by atoms with E-state index < -0.39 is 5.41 Å². The van der Waals surface area contributed by atoms with Crippen LogP contribution in [0.1, 0.15) is 23.6 Å². The van der Waals surface area contributed by atoms with Crippen LogP contribution in [0.2, 0.25) is 0 Å². The molecule has 0 amide bonds. The number of hydrogen-bond donors (Lipinski definition) is 0. The van der Waals surface area contributed by atoms with Gasteiger partial charge >= 0.3 is 0 Å². The van der Waals surface area contributed by atoms with E-state index in [1.165, 1.54) is 0 Å². The van der Waals surface area contributed by atoms with Crippen LogP contribution in [-0.2, 0) is 5.41 Å². The molecule has 8 nitrogen and oxygen atoms in total. The maximum atomic E-state index is 6.37. The summed E-state index contributed by atoms with van der Waals surface area (Å²) in [5.41, 5.74) is 3.42. The van der Waals surface area contributed by atoms with Crippen LogP contribution in [0.15, 0.2) is 115 Å². The smallest absolute Gasteiger partial charge is 0.273 e. The van der Waals surface area contributed by atoms with Crippen molar-refractivity contribution < 1.29 is 17.7 Å². The van der Waals surface area contributed by atoms with Gasteiger partial charge in [-0.05, 0) is 48.5 Å². The van der Waals surface area contributed by atoms with Crippen molar-refractivity contribution in [3.8, 4) is 0 Å². The van der Waals surface area contributed by atoms with Crippen LogP contribution in [0.25, 0.3) is 44.4 Å². The molecular formula is C29H16N4O4. The fraction of sp³-hybridized carbons (Fsp3) is 0.0345. The molecule has 0 fully saturated rings. The molecule has 0 aliphatic rings. The zero-order valence-electron chi connectivity index (χ0n) is 19.2. The fourth-order valence-corrected chi connectivity index (χ4v) is 4.68. The Morgan fingerprint density at radius 2 is 0.595 bits per heavy atom. The van der Waals surface area contributed by atoms with Gasteiger partial charge in [0.15, 0.2) is 22.3 Å². The molecule has 0 bridgehead atoms. The summed E-state index contributed by atoms with van der Waals surface area (Å²) in [6.45, 7) is 0. The first-order valence-electron chi connectivity index (χ1n) is 11.7. The van der Waals surface area contributed by atoms with E-state index in [2.05, 4.69) is 0 Å². The van der Waals surface area contributed by atoms with Crippen LogP contribution >= 0.6 is 0 Å². The normalized spacial score (nSPS) is 12.3. The molecule has 8 heteroatoms. The lowest BCUT2D eigenvalue weighted by Gasteiger charge is -2.20. The van der Waals surface area contributed by atoms with Crippen LogP contribution in [0.3, 0.4) is 0 Å². The predicted molar refractivity (Wildman–Crippen MR) is 135 cm³/mol. The molecule has 8 aromatic rings. The fourth-order valence-electron chi connectivity index (χ4n) is 4.68. The van der Waals surface area contributed by atoms with E-state index in [-0.39, 0.29) is 23.6 Å². The molecule has 0 radical (unpaired) electrons. The van der Waals surface area contributed by atoms with Crippen molar-refractivity contribution >= 4 is 44.4 Å². The third kappa shape index (κ3) is 2.83. The minimum absolute atomic E-state index is 0.221. The zero-order chi connectivity index (χ0) is 24.4. The van der Waals surface area contributed by atoms with Gasteiger partial charge < -0.3 is 17.7 Å². The van der Waals surface area contributed by atoms with Gasteiger partial charge in [0, 0.05) is 0 Å². The molecule has 0 saturated carbocycles. The molecule has 0 aliphatic heterocycles. The van der Waals surface area contributed by atoms with Crippen molar-refractivity contribution in [3.05, 3.63) is 121 Å². The standard InChI is InChI=1S/C29H16N4O4/c1-5-13-21-17(9-1)30-25(34-21)29(26-31-18-10-2-6-14-22(18)35-26,27-32-19-11-3-7-15-23(19)36-27)28-33-20-12-4-8-16-24(20)37-28/h1-16H. The Labute approximate surface area is 208 Å². The maximum Gasteiger partial charge on any atom is 0.273 e. The molecular weight excluding hydrogens is 468 g/mol. The summed E-state index contributed by atoms with van der Waals surface area (Å²) in [5.74, 6) is 0.883. The minimum atomic E-state index is -1.56. The molecule has 0 N–H and O–H groups in total. The Hall–Kier alpha value is -5.24. The molecule has 4 heterocycles. The summed E-state index contributed by atoms with van der Waals surface area (Å²) >= 11 is 0. The number of aromatic nitrogens is 4. The Bertz CT molecular complexity index is 1650. The average Bonchev–Trinajstić information content (AvgIpc) is 3.73. The lowest BCUT2D eigenvalue weighted by molar-refractivity contribution is 0.301. The lowest BCUT2D eigenvalue weighted by atomic mass is 9.86. The molecule has 0 spiro atoms. The first kappa shape index (κ1) is 20.0. The van der Waals surface area contributed by atoms with E-state index >= 15 is 0 Å². The lowest BCUT2D eigenvalue weighted by Crippen LogP contribution is -2.32. The van der Waals surface area contributed by atoms with Crippen molar-refractivity contribution in [3.63, 3.8) is 0 Å². The van der Waals surface area contributed by atoms with Crippen LogP contribution in [-0.4, -0.2) is 19.9 Å². The van der Waals surface area contributed by atoms with Crippen LogP contribution < -0.4 is 0 Å². The predicted octanol–water partition coefficient (Wildman–Crippen LogP) is 6.63. The molecule has 4 aromatic carbocycles. The second-order valence-electron chi connectivity index (χ2n) is 8.70. The maximum absolute atomic E-state index is 6.37. The third-order valence-corrected chi connectivity index (χ3v) is 6.46. The number of oxazole rings is 4. The first-order chi connectivity index (χ1) is 18.3. The van der Waals surface area contributed by atoms with Crippen molar-refractivity contribution in [1.82, 2.24) is 19.9 Å². The van der Waals surface area contributed by atoms with Gasteiger partial charge in [-0.25, -0.2) is 19.9 Å². The van der Waals surface area contributed by atoms with Crippen LogP contribution in [0, 0.1) is 0 Å². The Balaban J connectivity index is 1.56. The molecule has 176 valence electrons. The van der Waals surface area contributed by atoms with Gasteiger partial charge in [0.25, 0.3) is 5.41 Å². The summed E-state index contributed by atoms with van der Waals surface area (Å²) in [6, 6.07) is 30.0. The molecule has 0 unspecified atom stereocenters. The summed E-state index contributed by atoms with van der Waals surface area (Å²) in [6.07, 6.45) is 0. The van der Waals surface area contributed by atoms with Gasteiger partial charge in [0.05, 0.1) is 0 Å². The number of para-hydroxylation sites is 8. The monoisotopic (exact) mass is 484 g/mol. The number of benzene rings is 4. The highest BCUT2D eigenvalue weighted by molar-refractivity contribution is 5.77. The van der Waals surface area contributed by atoms with Crippen molar-refractivity contribution in [1.29, 1.82) is 0 Å². The van der Waals surface area contributed by atoms with Crippen molar-refractivity contribution in [2.75, 3.05) is 0 Å². The van der Waals surface area contributed by atoms with Gasteiger partial charge in [0.2, 0.25) is 23.6 Å². The summed E-state index contributed by atoms with van der Waals surface area (Å²) in [5, 5.41) is 0. The van der Waals surface area contributed by atoms with Crippen molar-refractivity contribution in [2.45, 2.75) is 5.41 Å². The molecule has 0 atom stereocenters. The molecule has 4 aromatic heterocycles. The number of hydrogen-bond acceptors (Lipinski definition) is 8. The SMILES string of the molecule is c1ccc2oc(C(c3nc4ccccc4o3)(c3nc4ccccc4o3)c3nc4ccccc4o3)nc2c1. The average molecular weight is 484 g/mol. The second-order valence-corrected chi connectivity index (χ2v) is 8.70. The highest BCUT2D eigenvalue weighted by Gasteiger charge is 2.56. The van der Waals surface area contributed by atoms with Gasteiger partial charge in [-0.1, -0.05) is 48.5 Å². The van der Waals surface area contributed by atoms with Crippen LogP contribution in [0.5, 0.6) is 0 Å². The van der Waals surface area contributed by atoms with Crippen molar-refractivity contribution in [2.24, 2.45) is 0 Å². The minimum Gasteiger partial charge on any atom is -0.438 e. The molecule has 0 aliphatic carbocycles. The molecule has 37 heavy (non-hydrogen) atoms. The topological polar surface area (TPSA) is 104 Å². The van der Waals surface area contributed by atoms with E-state index in [9.17, 15) is 0 Å². The quantitative estimate of drug-likeness (QED) is 0.274. The van der Waals surface area contributed by atoms with E-state index in [0.717, 1.165) is 0 Å². The number of fused-ring (bicyclic) bond motifs is 4. The van der Waals surface area contributed by atoms with Crippen LogP contribution in [0.4, 0.5) is 0 Å². The van der Waals surface area contributed by atoms with Gasteiger partial charge in [0.1, 0.15) is 22.1 Å². The highest BCUT2D eigenvalue weighted by Crippen LogP contribution is 2.46. The number of nitrogens with zero attached hydrogens (tertiary/aromatic N) is 4. The summed E-state index contributed by atoms with van der Waals surface area (Å²) in [4.78, 5) is 19.4. The Morgan fingerprint density at radius 3 is 0.838 bits per heavy atom. The Morgan fingerprint density at radius 1 is 0.351 bits per heavy atom. The number of rotatable bonds is 4. The van der Waals surface area contributed by atoms with Gasteiger partial charge in [-0.15, -0.1) is 0 Å². The second kappa shape index (κ2) is 7.38. The van der Waals surface area contributed by atoms with E-state index in [1.54, 1.807) is 0 Å². The van der Waals surface area contributed by atoms with E-state index in [4.69, 9.17) is 37.6 Å².